The summed E-state index contributed by atoms with van der Waals surface area (Å²) >= 11 is 11.9. The van der Waals surface area contributed by atoms with Crippen LogP contribution in [0.1, 0.15) is 33.3 Å². The van der Waals surface area contributed by atoms with E-state index in [1.807, 2.05) is 24.3 Å². The molecule has 4 nitrogen and oxygen atoms in total. The number of halogens is 2. The van der Waals surface area contributed by atoms with Crippen LogP contribution in [0.15, 0.2) is 42.5 Å². The zero-order chi connectivity index (χ0) is 19.5. The number of amides is 2. The van der Waals surface area contributed by atoms with Gasteiger partial charge in [-0.15, -0.1) is 0 Å². The predicted octanol–water partition coefficient (Wildman–Crippen LogP) is 5.28. The summed E-state index contributed by atoms with van der Waals surface area (Å²) in [6, 6.07) is 12.4. The molecule has 0 saturated heterocycles. The first kappa shape index (κ1) is 20.3. The van der Waals surface area contributed by atoms with Crippen molar-refractivity contribution in [2.24, 2.45) is 0 Å². The Labute approximate surface area is 164 Å². The highest BCUT2D eigenvalue weighted by atomic mass is 35.5. The third-order valence-electron chi connectivity index (χ3n) is 3.87. The van der Waals surface area contributed by atoms with E-state index in [4.69, 9.17) is 23.2 Å². The Kier molecular flexibility index (Phi) is 6.32. The van der Waals surface area contributed by atoms with Crippen molar-refractivity contribution >= 4 is 46.4 Å². The average Bonchev–Trinajstić information content (AvgIpc) is 2.50. The van der Waals surface area contributed by atoms with Crippen LogP contribution in [-0.2, 0) is 15.0 Å². The Balaban J connectivity index is 2.15. The summed E-state index contributed by atoms with van der Waals surface area (Å²) in [7, 11) is 0. The van der Waals surface area contributed by atoms with Gasteiger partial charge in [0.2, 0.25) is 11.8 Å². The lowest BCUT2D eigenvalue weighted by Gasteiger charge is -2.23. The lowest BCUT2D eigenvalue weighted by molar-refractivity contribution is -0.120. The maximum absolute atomic E-state index is 12.4. The number of hydrogen-bond donors (Lipinski definition) is 1. The van der Waals surface area contributed by atoms with Crippen LogP contribution >= 0.6 is 23.2 Å². The molecule has 0 atom stereocenters. The molecule has 2 rings (SSSR count). The highest BCUT2D eigenvalue weighted by molar-refractivity contribution is 6.35. The number of nitrogens with zero attached hydrogens (tertiary/aromatic N) is 1. The van der Waals surface area contributed by atoms with Gasteiger partial charge < -0.3 is 10.2 Å². The molecule has 2 aromatic carbocycles. The van der Waals surface area contributed by atoms with Crippen molar-refractivity contribution in [3.8, 4) is 0 Å². The number of carbonyl (C=O) groups excluding carboxylic acids is 2. The molecule has 0 aromatic heterocycles. The lowest BCUT2D eigenvalue weighted by atomic mass is 9.87. The Bertz CT molecular complexity index is 791. The summed E-state index contributed by atoms with van der Waals surface area (Å²) in [6.07, 6.45) is 0. The molecule has 138 valence electrons. The minimum absolute atomic E-state index is 0.0167. The van der Waals surface area contributed by atoms with E-state index in [9.17, 15) is 9.59 Å². The predicted molar refractivity (Wildman–Crippen MR) is 108 cm³/mol. The number of hydrogen-bond acceptors (Lipinski definition) is 2. The Morgan fingerprint density at radius 2 is 1.54 bits per heavy atom. The molecule has 0 aliphatic carbocycles. The lowest BCUT2D eigenvalue weighted by Crippen LogP contribution is -2.36. The molecule has 0 saturated carbocycles. The molecule has 1 N–H and O–H groups in total. The van der Waals surface area contributed by atoms with Crippen molar-refractivity contribution in [1.29, 1.82) is 0 Å². The van der Waals surface area contributed by atoms with Gasteiger partial charge in [0.25, 0.3) is 0 Å². The van der Waals surface area contributed by atoms with Crippen LogP contribution in [0, 0.1) is 0 Å². The number of rotatable bonds is 4. The highest BCUT2D eigenvalue weighted by Gasteiger charge is 2.18. The van der Waals surface area contributed by atoms with Gasteiger partial charge in [0.15, 0.2) is 0 Å². The van der Waals surface area contributed by atoms with E-state index in [1.54, 1.807) is 18.2 Å². The van der Waals surface area contributed by atoms with Crippen LogP contribution in [-0.4, -0.2) is 18.4 Å². The Hall–Kier alpha value is -2.04. The first-order valence-electron chi connectivity index (χ1n) is 8.21. The Morgan fingerprint density at radius 3 is 2.00 bits per heavy atom. The largest absolute Gasteiger partial charge is 0.324 e. The van der Waals surface area contributed by atoms with E-state index >= 15 is 0 Å². The molecule has 0 aliphatic heterocycles. The van der Waals surface area contributed by atoms with Crippen LogP contribution in [0.2, 0.25) is 10.0 Å². The van der Waals surface area contributed by atoms with Gasteiger partial charge in [-0.2, -0.15) is 0 Å². The zero-order valence-electron chi connectivity index (χ0n) is 15.3. The minimum Gasteiger partial charge on any atom is -0.324 e. The molecular weight excluding hydrogens is 371 g/mol. The second-order valence-corrected chi connectivity index (χ2v) is 7.98. The van der Waals surface area contributed by atoms with Crippen molar-refractivity contribution in [2.75, 3.05) is 16.8 Å². The van der Waals surface area contributed by atoms with Gasteiger partial charge in [0.1, 0.15) is 6.54 Å². The van der Waals surface area contributed by atoms with E-state index < -0.39 is 0 Å². The molecule has 26 heavy (non-hydrogen) atoms. The minimum atomic E-state index is -0.335. The molecule has 0 bridgehead atoms. The van der Waals surface area contributed by atoms with Crippen molar-refractivity contribution in [1.82, 2.24) is 0 Å². The first-order valence-corrected chi connectivity index (χ1v) is 8.96. The van der Waals surface area contributed by atoms with Crippen LogP contribution in [0.4, 0.5) is 11.4 Å². The van der Waals surface area contributed by atoms with E-state index in [0.29, 0.717) is 21.4 Å². The monoisotopic (exact) mass is 392 g/mol. The third kappa shape index (κ3) is 5.48. The SMILES string of the molecule is CC(=O)N(CC(=O)Nc1cc(Cl)cc(Cl)c1)c1ccc(C(C)(C)C)cc1. The zero-order valence-corrected chi connectivity index (χ0v) is 16.8. The maximum Gasteiger partial charge on any atom is 0.244 e. The van der Waals surface area contributed by atoms with E-state index in [0.717, 1.165) is 5.56 Å². The number of anilines is 2. The van der Waals surface area contributed by atoms with Gasteiger partial charge in [-0.05, 0) is 41.3 Å². The molecule has 2 amide bonds. The molecule has 6 heteroatoms. The number of nitrogens with one attached hydrogen (secondary N) is 1. The van der Waals surface area contributed by atoms with Crippen LogP contribution < -0.4 is 10.2 Å². The fourth-order valence-corrected chi connectivity index (χ4v) is 3.02. The third-order valence-corrected chi connectivity index (χ3v) is 4.31. The molecule has 0 spiro atoms. The van der Waals surface area contributed by atoms with Crippen molar-refractivity contribution in [3.63, 3.8) is 0 Å². The summed E-state index contributed by atoms with van der Waals surface area (Å²) < 4.78 is 0. The smallest absolute Gasteiger partial charge is 0.244 e. The summed E-state index contributed by atoms with van der Waals surface area (Å²) in [5.74, 6) is -0.550. The Morgan fingerprint density at radius 1 is 1.00 bits per heavy atom. The molecule has 0 aliphatic rings. The molecule has 0 unspecified atom stereocenters. The topological polar surface area (TPSA) is 49.4 Å². The summed E-state index contributed by atoms with van der Waals surface area (Å²) in [5, 5.41) is 3.56. The molecule has 0 radical (unpaired) electrons. The van der Waals surface area contributed by atoms with Crippen LogP contribution in [0.3, 0.4) is 0 Å². The summed E-state index contributed by atoms with van der Waals surface area (Å²) in [5.41, 5.74) is 2.33. The standard InChI is InChI=1S/C20H22Cl2N2O2/c1-13(25)24(18-7-5-14(6-8-18)20(2,3)4)12-19(26)23-17-10-15(21)9-16(22)11-17/h5-11H,12H2,1-4H3,(H,23,26). The van der Waals surface area contributed by atoms with Gasteiger partial charge >= 0.3 is 0 Å². The van der Waals surface area contributed by atoms with Crippen LogP contribution in [0.5, 0.6) is 0 Å². The first-order chi connectivity index (χ1) is 12.1. The number of carbonyl (C=O) groups is 2. The quantitative estimate of drug-likeness (QED) is 0.768. The van der Waals surface area contributed by atoms with Gasteiger partial charge in [-0.3, -0.25) is 9.59 Å². The van der Waals surface area contributed by atoms with Gasteiger partial charge in [-0.25, -0.2) is 0 Å². The molecular formula is C20H22Cl2N2O2. The highest BCUT2D eigenvalue weighted by Crippen LogP contribution is 2.25. The second kappa shape index (κ2) is 8.11. The normalized spacial score (nSPS) is 11.2. The maximum atomic E-state index is 12.4. The molecule has 0 heterocycles. The molecule has 2 aromatic rings. The van der Waals surface area contributed by atoms with E-state index in [1.165, 1.54) is 11.8 Å². The average molecular weight is 393 g/mol. The fraction of sp³-hybridized carbons (Fsp3) is 0.300. The van der Waals surface area contributed by atoms with Gasteiger partial charge in [0, 0.05) is 28.3 Å². The van der Waals surface area contributed by atoms with Crippen molar-refractivity contribution in [3.05, 3.63) is 58.1 Å². The summed E-state index contributed by atoms with van der Waals surface area (Å²) in [6.45, 7) is 7.69. The fourth-order valence-electron chi connectivity index (χ4n) is 2.50. The van der Waals surface area contributed by atoms with E-state index in [2.05, 4.69) is 26.1 Å². The van der Waals surface area contributed by atoms with Crippen LogP contribution in [0.25, 0.3) is 0 Å². The van der Waals surface area contributed by atoms with Gasteiger partial charge in [-0.1, -0.05) is 56.1 Å². The molecule has 0 fully saturated rings. The van der Waals surface area contributed by atoms with E-state index in [-0.39, 0.29) is 23.8 Å². The summed E-state index contributed by atoms with van der Waals surface area (Å²) in [4.78, 5) is 25.8. The number of benzene rings is 2. The van der Waals surface area contributed by atoms with Crippen molar-refractivity contribution < 1.29 is 9.59 Å². The van der Waals surface area contributed by atoms with Gasteiger partial charge in [0.05, 0.1) is 0 Å². The second-order valence-electron chi connectivity index (χ2n) is 7.11. The van der Waals surface area contributed by atoms with Crippen molar-refractivity contribution in [2.45, 2.75) is 33.1 Å².